The average molecular weight is 447 g/mol. The summed E-state index contributed by atoms with van der Waals surface area (Å²) in [5.41, 5.74) is 0.999. The summed E-state index contributed by atoms with van der Waals surface area (Å²) < 4.78 is 10.5. The third-order valence-electron chi connectivity index (χ3n) is 4.65. The Morgan fingerprint density at radius 2 is 1.90 bits per heavy atom. The lowest BCUT2D eigenvalue weighted by atomic mass is 9.94. The molecule has 3 rings (SSSR count). The molecule has 0 radical (unpaired) electrons. The van der Waals surface area contributed by atoms with Crippen LogP contribution in [0.15, 0.2) is 47.7 Å². The molecule has 0 bridgehead atoms. The van der Waals surface area contributed by atoms with E-state index in [9.17, 15) is 19.7 Å². The topological polar surface area (TPSA) is 132 Å². The number of ether oxygens (including phenoxy) is 2. The molecule has 0 saturated heterocycles. The van der Waals surface area contributed by atoms with E-state index in [2.05, 4.69) is 16.0 Å². The van der Waals surface area contributed by atoms with Crippen LogP contribution in [-0.2, 0) is 4.79 Å². The van der Waals surface area contributed by atoms with E-state index in [0.717, 1.165) is 0 Å². The summed E-state index contributed by atoms with van der Waals surface area (Å²) in [6.45, 7) is 1.57. The van der Waals surface area contributed by atoms with Gasteiger partial charge in [0.15, 0.2) is 0 Å². The number of nitro benzene ring substituents is 1. The van der Waals surface area contributed by atoms with E-state index in [4.69, 9.17) is 21.1 Å². The molecule has 0 spiro atoms. The number of halogens is 1. The Bertz CT molecular complexity index is 1100. The van der Waals surface area contributed by atoms with Crippen LogP contribution in [0.5, 0.6) is 11.5 Å². The van der Waals surface area contributed by atoms with Gasteiger partial charge in [0.25, 0.3) is 11.6 Å². The molecule has 1 aliphatic heterocycles. The van der Waals surface area contributed by atoms with Crippen molar-refractivity contribution in [2.24, 2.45) is 0 Å². The van der Waals surface area contributed by atoms with Gasteiger partial charge in [-0.1, -0.05) is 23.7 Å². The van der Waals surface area contributed by atoms with E-state index in [1.54, 1.807) is 13.0 Å². The summed E-state index contributed by atoms with van der Waals surface area (Å²) in [5, 5.41) is 19.4. The standard InChI is InChI=1S/C20H19ClN4O6/c1-10-17(19(26)23-14-9-15(30-2)13(21)8-16(14)31-3)18(24-20(27)22-10)11-5-4-6-12(7-11)25(28)29/h4-9,18H,1-3H3,(H,23,26)(H2,22,24,27)/t18-/m0/s1. The number of methoxy groups -OCH3 is 2. The van der Waals surface area contributed by atoms with Gasteiger partial charge in [0.1, 0.15) is 11.5 Å². The first kappa shape index (κ1) is 21.9. The summed E-state index contributed by atoms with van der Waals surface area (Å²) in [6, 6.07) is 7.28. The minimum Gasteiger partial charge on any atom is -0.495 e. The Morgan fingerprint density at radius 3 is 2.55 bits per heavy atom. The smallest absolute Gasteiger partial charge is 0.319 e. The molecule has 1 heterocycles. The highest BCUT2D eigenvalue weighted by Crippen LogP contribution is 2.37. The van der Waals surface area contributed by atoms with Gasteiger partial charge in [0.05, 0.1) is 41.5 Å². The fourth-order valence-electron chi connectivity index (χ4n) is 3.21. The van der Waals surface area contributed by atoms with E-state index in [0.29, 0.717) is 33.5 Å². The number of rotatable bonds is 6. The van der Waals surface area contributed by atoms with Crippen molar-refractivity contribution >= 4 is 34.9 Å². The Hall–Kier alpha value is -3.79. The number of nitrogens with zero attached hydrogens (tertiary/aromatic N) is 1. The number of allylic oxidation sites excluding steroid dienone is 1. The van der Waals surface area contributed by atoms with Gasteiger partial charge in [0.2, 0.25) is 0 Å². The Balaban J connectivity index is 2.01. The van der Waals surface area contributed by atoms with Crippen molar-refractivity contribution in [2.75, 3.05) is 19.5 Å². The number of anilines is 1. The Morgan fingerprint density at radius 1 is 1.19 bits per heavy atom. The molecule has 2 aromatic carbocycles. The second-order valence-corrected chi connectivity index (χ2v) is 6.97. The molecule has 1 aliphatic rings. The zero-order valence-corrected chi connectivity index (χ0v) is 17.6. The first-order chi connectivity index (χ1) is 14.7. The maximum atomic E-state index is 13.2. The monoisotopic (exact) mass is 446 g/mol. The number of amides is 3. The lowest BCUT2D eigenvalue weighted by Crippen LogP contribution is -2.46. The first-order valence-electron chi connectivity index (χ1n) is 9.00. The predicted octanol–water partition coefficient (Wildman–Crippen LogP) is 3.53. The number of hydrogen-bond donors (Lipinski definition) is 3. The maximum Gasteiger partial charge on any atom is 0.319 e. The fraction of sp³-hybridized carbons (Fsp3) is 0.200. The molecule has 10 nitrogen and oxygen atoms in total. The van der Waals surface area contributed by atoms with Gasteiger partial charge in [-0.2, -0.15) is 0 Å². The summed E-state index contributed by atoms with van der Waals surface area (Å²) in [4.78, 5) is 35.9. The lowest BCUT2D eigenvalue weighted by Gasteiger charge is -2.28. The minimum absolute atomic E-state index is 0.160. The van der Waals surface area contributed by atoms with Gasteiger partial charge in [-0.05, 0) is 12.5 Å². The number of nitro groups is 1. The maximum absolute atomic E-state index is 13.2. The number of carbonyl (C=O) groups is 2. The van der Waals surface area contributed by atoms with Crippen molar-refractivity contribution < 1.29 is 24.0 Å². The number of urea groups is 1. The van der Waals surface area contributed by atoms with Crippen molar-refractivity contribution in [3.05, 3.63) is 68.4 Å². The second-order valence-electron chi connectivity index (χ2n) is 6.56. The fourth-order valence-corrected chi connectivity index (χ4v) is 3.44. The van der Waals surface area contributed by atoms with E-state index < -0.39 is 22.9 Å². The van der Waals surface area contributed by atoms with Crippen LogP contribution in [0.2, 0.25) is 5.02 Å². The third kappa shape index (κ3) is 4.53. The van der Waals surface area contributed by atoms with Crippen LogP contribution < -0.4 is 25.4 Å². The number of benzene rings is 2. The van der Waals surface area contributed by atoms with Crippen LogP contribution in [0.25, 0.3) is 0 Å². The van der Waals surface area contributed by atoms with Crippen molar-refractivity contribution in [2.45, 2.75) is 13.0 Å². The number of carbonyl (C=O) groups excluding carboxylic acids is 2. The van der Waals surface area contributed by atoms with Crippen molar-refractivity contribution in [3.63, 3.8) is 0 Å². The zero-order chi connectivity index (χ0) is 22.7. The molecule has 0 fully saturated rings. The van der Waals surface area contributed by atoms with Gasteiger partial charge in [-0.25, -0.2) is 4.79 Å². The van der Waals surface area contributed by atoms with E-state index in [-0.39, 0.29) is 11.3 Å². The van der Waals surface area contributed by atoms with Crippen LogP contribution in [0.3, 0.4) is 0 Å². The van der Waals surface area contributed by atoms with Crippen LogP contribution in [0.1, 0.15) is 18.5 Å². The number of non-ortho nitro benzene ring substituents is 1. The predicted molar refractivity (Wildman–Crippen MR) is 113 cm³/mol. The summed E-state index contributed by atoms with van der Waals surface area (Å²) >= 11 is 6.11. The molecule has 0 unspecified atom stereocenters. The molecule has 11 heteroatoms. The molecule has 3 N–H and O–H groups in total. The quantitative estimate of drug-likeness (QED) is 0.459. The molecule has 0 aromatic heterocycles. The molecule has 3 amide bonds. The van der Waals surface area contributed by atoms with Gasteiger partial charge in [-0.3, -0.25) is 14.9 Å². The van der Waals surface area contributed by atoms with Gasteiger partial charge in [0, 0.05) is 30.0 Å². The Kier molecular flexibility index (Phi) is 6.30. The molecule has 162 valence electrons. The molecule has 2 aromatic rings. The van der Waals surface area contributed by atoms with E-state index >= 15 is 0 Å². The van der Waals surface area contributed by atoms with Crippen molar-refractivity contribution in [1.29, 1.82) is 0 Å². The van der Waals surface area contributed by atoms with Crippen LogP contribution >= 0.6 is 11.6 Å². The van der Waals surface area contributed by atoms with E-state index in [1.165, 1.54) is 44.6 Å². The van der Waals surface area contributed by atoms with Crippen LogP contribution in [-0.4, -0.2) is 31.1 Å². The van der Waals surface area contributed by atoms with Crippen molar-refractivity contribution in [1.82, 2.24) is 10.6 Å². The number of nitrogens with one attached hydrogen (secondary N) is 3. The van der Waals surface area contributed by atoms with Crippen LogP contribution in [0, 0.1) is 10.1 Å². The second kappa shape index (κ2) is 8.92. The third-order valence-corrected chi connectivity index (χ3v) is 4.95. The molecular formula is C20H19ClN4O6. The first-order valence-corrected chi connectivity index (χ1v) is 9.38. The Labute approximate surface area is 182 Å². The highest BCUT2D eigenvalue weighted by atomic mass is 35.5. The zero-order valence-electron chi connectivity index (χ0n) is 16.8. The van der Waals surface area contributed by atoms with Gasteiger partial charge < -0.3 is 25.4 Å². The van der Waals surface area contributed by atoms with Crippen molar-refractivity contribution in [3.8, 4) is 11.5 Å². The largest absolute Gasteiger partial charge is 0.495 e. The molecule has 0 saturated carbocycles. The van der Waals surface area contributed by atoms with Crippen LogP contribution in [0.4, 0.5) is 16.2 Å². The summed E-state index contributed by atoms with van der Waals surface area (Å²) in [7, 11) is 2.86. The molecule has 31 heavy (non-hydrogen) atoms. The number of hydrogen-bond acceptors (Lipinski definition) is 6. The molecule has 0 aliphatic carbocycles. The lowest BCUT2D eigenvalue weighted by molar-refractivity contribution is -0.384. The highest BCUT2D eigenvalue weighted by Gasteiger charge is 2.32. The summed E-state index contributed by atoms with van der Waals surface area (Å²) in [5.74, 6) is 0.0788. The van der Waals surface area contributed by atoms with Gasteiger partial charge >= 0.3 is 6.03 Å². The normalized spacial score (nSPS) is 15.6. The summed E-state index contributed by atoms with van der Waals surface area (Å²) in [6.07, 6.45) is 0. The average Bonchev–Trinajstić information content (AvgIpc) is 2.73. The minimum atomic E-state index is -0.908. The molecule has 1 atom stereocenters. The SMILES string of the molecule is COc1cc(NC(=O)C2=C(C)NC(=O)N[C@H]2c2cccc([N+](=O)[O-])c2)c(OC)cc1Cl. The van der Waals surface area contributed by atoms with Gasteiger partial charge in [-0.15, -0.1) is 0 Å². The van der Waals surface area contributed by atoms with E-state index in [1.807, 2.05) is 0 Å². The molecular weight excluding hydrogens is 428 g/mol. The highest BCUT2D eigenvalue weighted by molar-refractivity contribution is 6.32.